The second kappa shape index (κ2) is 4.39. The molecule has 1 aliphatic heterocycles. The molecule has 1 heterocycles. The van der Waals surface area contributed by atoms with Crippen LogP contribution in [0.5, 0.6) is 0 Å². The third-order valence-corrected chi connectivity index (χ3v) is 3.02. The normalized spacial score (nSPS) is 20.1. The summed E-state index contributed by atoms with van der Waals surface area (Å²) in [7, 11) is 0. The summed E-state index contributed by atoms with van der Waals surface area (Å²) in [6.07, 6.45) is 0. The molecule has 0 bridgehead atoms. The number of carbonyl (C=O) groups excluding carboxylic acids is 1. The van der Waals surface area contributed by atoms with Crippen LogP contribution in [0.3, 0.4) is 0 Å². The number of halogens is 1. The molecule has 1 aliphatic rings. The van der Waals surface area contributed by atoms with Gasteiger partial charge in [-0.1, -0.05) is 23.7 Å². The Balaban J connectivity index is 2.16. The molecule has 0 aromatic heterocycles. The fourth-order valence-electron chi connectivity index (χ4n) is 1.63. The minimum absolute atomic E-state index is 0.00461. The van der Waals surface area contributed by atoms with Crippen molar-refractivity contribution in [3.8, 4) is 0 Å². The first kappa shape index (κ1) is 11.4. The highest BCUT2D eigenvalue weighted by molar-refractivity contribution is 7.80. The Labute approximate surface area is 104 Å². The number of carbonyl (C=O) groups is 1. The van der Waals surface area contributed by atoms with Crippen molar-refractivity contribution in [2.75, 3.05) is 0 Å². The molecule has 5 heteroatoms. The van der Waals surface area contributed by atoms with Gasteiger partial charge in [0.25, 0.3) is 5.91 Å². The van der Waals surface area contributed by atoms with E-state index in [1.807, 2.05) is 18.2 Å². The van der Waals surface area contributed by atoms with Crippen LogP contribution in [-0.4, -0.2) is 22.0 Å². The lowest BCUT2D eigenvalue weighted by atomic mass is 10.2. The Hall–Kier alpha value is -1.13. The number of hydrogen-bond acceptors (Lipinski definition) is 2. The van der Waals surface area contributed by atoms with E-state index in [2.05, 4.69) is 5.32 Å². The Morgan fingerprint density at radius 3 is 2.88 bits per heavy atom. The molecule has 0 unspecified atom stereocenters. The Morgan fingerprint density at radius 2 is 2.31 bits per heavy atom. The smallest absolute Gasteiger partial charge is 0.251 e. The molecule has 3 nitrogen and oxygen atoms in total. The zero-order valence-electron chi connectivity index (χ0n) is 8.74. The minimum Gasteiger partial charge on any atom is -0.351 e. The summed E-state index contributed by atoms with van der Waals surface area (Å²) in [5.74, 6) is 0.00461. The number of benzene rings is 1. The van der Waals surface area contributed by atoms with Gasteiger partial charge in [0.2, 0.25) is 0 Å². The predicted octanol–water partition coefficient (Wildman–Crippen LogP) is 1.95. The summed E-state index contributed by atoms with van der Waals surface area (Å²) in [4.78, 5) is 13.3. The van der Waals surface area contributed by atoms with E-state index in [1.165, 1.54) is 0 Å². The average molecular weight is 255 g/mol. The van der Waals surface area contributed by atoms with Gasteiger partial charge in [0.1, 0.15) is 6.04 Å². The predicted molar refractivity (Wildman–Crippen MR) is 67.2 cm³/mol. The van der Waals surface area contributed by atoms with E-state index < -0.39 is 0 Å². The third-order valence-electron chi connectivity index (χ3n) is 2.45. The van der Waals surface area contributed by atoms with E-state index in [1.54, 1.807) is 17.9 Å². The molecule has 1 aromatic rings. The fourth-order valence-corrected chi connectivity index (χ4v) is 2.17. The van der Waals surface area contributed by atoms with E-state index in [-0.39, 0.29) is 11.9 Å². The van der Waals surface area contributed by atoms with E-state index in [0.717, 1.165) is 5.56 Å². The largest absolute Gasteiger partial charge is 0.351 e. The van der Waals surface area contributed by atoms with Gasteiger partial charge in [0.15, 0.2) is 5.11 Å². The molecular formula is C11H11ClN2OS. The van der Waals surface area contributed by atoms with E-state index in [0.29, 0.717) is 16.7 Å². The van der Waals surface area contributed by atoms with Gasteiger partial charge < -0.3 is 5.32 Å². The first-order valence-corrected chi connectivity index (χ1v) is 5.73. The summed E-state index contributed by atoms with van der Waals surface area (Å²) in [5, 5.41) is 4.07. The molecule has 1 fully saturated rings. The first-order valence-electron chi connectivity index (χ1n) is 4.94. The van der Waals surface area contributed by atoms with Crippen LogP contribution in [0.15, 0.2) is 24.3 Å². The number of nitrogens with one attached hydrogen (secondary N) is 1. The number of thiocarbonyl (C=S) groups is 1. The Bertz CT molecular complexity index is 449. The molecule has 0 spiro atoms. The highest BCUT2D eigenvalue weighted by Crippen LogP contribution is 2.15. The van der Waals surface area contributed by atoms with Gasteiger partial charge in [-0.2, -0.15) is 0 Å². The fraction of sp³-hybridized carbons (Fsp3) is 0.273. The molecule has 1 amide bonds. The lowest BCUT2D eigenvalue weighted by Gasteiger charge is -2.14. The number of rotatable bonds is 2. The molecule has 84 valence electrons. The first-order chi connectivity index (χ1) is 7.58. The van der Waals surface area contributed by atoms with E-state index in [4.69, 9.17) is 23.8 Å². The molecule has 0 saturated carbocycles. The summed E-state index contributed by atoms with van der Waals surface area (Å²) in [6.45, 7) is 2.27. The van der Waals surface area contributed by atoms with Gasteiger partial charge in [-0.3, -0.25) is 9.69 Å². The number of amides is 1. The van der Waals surface area contributed by atoms with Crippen LogP contribution in [0.25, 0.3) is 0 Å². The molecule has 2 rings (SSSR count). The lowest BCUT2D eigenvalue weighted by molar-refractivity contribution is -0.127. The zero-order valence-corrected chi connectivity index (χ0v) is 10.3. The topological polar surface area (TPSA) is 32.3 Å². The highest BCUT2D eigenvalue weighted by atomic mass is 35.5. The maximum absolute atomic E-state index is 11.7. The van der Waals surface area contributed by atoms with Crippen molar-refractivity contribution in [3.63, 3.8) is 0 Å². The lowest BCUT2D eigenvalue weighted by Crippen LogP contribution is -2.30. The van der Waals surface area contributed by atoms with Crippen LogP contribution in [-0.2, 0) is 11.3 Å². The molecule has 1 N–H and O–H groups in total. The molecule has 1 aromatic carbocycles. The molecule has 0 radical (unpaired) electrons. The van der Waals surface area contributed by atoms with E-state index in [9.17, 15) is 4.79 Å². The number of nitrogens with zero attached hydrogens (tertiary/aromatic N) is 1. The maximum Gasteiger partial charge on any atom is 0.251 e. The van der Waals surface area contributed by atoms with Crippen LogP contribution >= 0.6 is 23.8 Å². The summed E-state index contributed by atoms with van der Waals surface area (Å²) >= 11 is 11.0. The summed E-state index contributed by atoms with van der Waals surface area (Å²) in [6, 6.07) is 7.19. The van der Waals surface area contributed by atoms with Gasteiger partial charge in [-0.15, -0.1) is 0 Å². The maximum atomic E-state index is 11.7. The van der Waals surface area contributed by atoms with Crippen molar-refractivity contribution in [2.45, 2.75) is 19.5 Å². The minimum atomic E-state index is -0.230. The summed E-state index contributed by atoms with van der Waals surface area (Å²) < 4.78 is 0. The van der Waals surface area contributed by atoms with Crippen LogP contribution in [0.4, 0.5) is 0 Å². The Kier molecular flexibility index (Phi) is 3.12. The van der Waals surface area contributed by atoms with Gasteiger partial charge >= 0.3 is 0 Å². The van der Waals surface area contributed by atoms with Crippen molar-refractivity contribution in [1.29, 1.82) is 0 Å². The van der Waals surface area contributed by atoms with Crippen molar-refractivity contribution in [1.82, 2.24) is 10.2 Å². The van der Waals surface area contributed by atoms with Gasteiger partial charge in [0.05, 0.1) is 6.54 Å². The van der Waals surface area contributed by atoms with Gasteiger partial charge in [-0.25, -0.2) is 0 Å². The molecule has 1 saturated heterocycles. The van der Waals surface area contributed by atoms with Gasteiger partial charge in [0, 0.05) is 5.02 Å². The van der Waals surface area contributed by atoms with Crippen molar-refractivity contribution < 1.29 is 4.79 Å². The van der Waals surface area contributed by atoms with Gasteiger partial charge in [-0.05, 0) is 36.8 Å². The van der Waals surface area contributed by atoms with E-state index >= 15 is 0 Å². The van der Waals surface area contributed by atoms with Crippen molar-refractivity contribution in [2.24, 2.45) is 0 Å². The molecule has 16 heavy (non-hydrogen) atoms. The quantitative estimate of drug-likeness (QED) is 0.819. The molecular weight excluding hydrogens is 244 g/mol. The molecule has 1 atom stereocenters. The highest BCUT2D eigenvalue weighted by Gasteiger charge is 2.31. The van der Waals surface area contributed by atoms with Crippen molar-refractivity contribution >= 4 is 34.8 Å². The standard InChI is InChI=1S/C11H11ClN2OS/c1-7-10(15)14(11(16)13-7)6-8-3-2-4-9(12)5-8/h2-5,7H,6H2,1H3,(H,13,16)/t7-/m1/s1. The molecule has 0 aliphatic carbocycles. The van der Waals surface area contributed by atoms with Crippen LogP contribution < -0.4 is 5.32 Å². The second-order valence-corrected chi connectivity index (χ2v) is 4.55. The monoisotopic (exact) mass is 254 g/mol. The van der Waals surface area contributed by atoms with Crippen LogP contribution in [0.2, 0.25) is 5.02 Å². The zero-order chi connectivity index (χ0) is 11.7. The van der Waals surface area contributed by atoms with Crippen molar-refractivity contribution in [3.05, 3.63) is 34.9 Å². The summed E-state index contributed by atoms with van der Waals surface area (Å²) in [5.41, 5.74) is 0.971. The Morgan fingerprint density at radius 1 is 1.56 bits per heavy atom. The van der Waals surface area contributed by atoms with Crippen LogP contribution in [0, 0.1) is 0 Å². The van der Waals surface area contributed by atoms with Crippen LogP contribution in [0.1, 0.15) is 12.5 Å². The SMILES string of the molecule is C[C@H]1NC(=S)N(Cc2cccc(Cl)c2)C1=O. The second-order valence-electron chi connectivity index (χ2n) is 3.73. The average Bonchev–Trinajstić information content (AvgIpc) is 2.45. The number of hydrogen-bond donors (Lipinski definition) is 1. The third kappa shape index (κ3) is 2.18.